The van der Waals surface area contributed by atoms with Gasteiger partial charge in [-0.1, -0.05) is 30.3 Å². The number of hydrogen-bond acceptors (Lipinski definition) is 4. The Morgan fingerprint density at radius 3 is 2.30 bits per heavy atom. The van der Waals surface area contributed by atoms with Crippen LogP contribution >= 0.6 is 0 Å². The number of pyridine rings is 1. The van der Waals surface area contributed by atoms with Gasteiger partial charge in [0.2, 0.25) is 0 Å². The van der Waals surface area contributed by atoms with E-state index in [1.54, 1.807) is 0 Å². The molecule has 0 radical (unpaired) electrons. The molecule has 0 saturated carbocycles. The molecule has 1 aromatic heterocycles. The van der Waals surface area contributed by atoms with E-state index < -0.39 is 11.6 Å². The number of aliphatic carboxylic acids is 1. The summed E-state index contributed by atoms with van der Waals surface area (Å²) in [6.07, 6.45) is 0.968. The number of carbonyl (C=O) groups is 2. The Labute approximate surface area is 176 Å². The molecule has 0 fully saturated rings. The lowest BCUT2D eigenvalue weighted by Gasteiger charge is -2.24. The summed E-state index contributed by atoms with van der Waals surface area (Å²) in [5.41, 5.74) is 3.71. The van der Waals surface area contributed by atoms with Crippen molar-refractivity contribution in [1.29, 1.82) is 0 Å². The van der Waals surface area contributed by atoms with E-state index in [4.69, 9.17) is 4.74 Å². The van der Waals surface area contributed by atoms with Crippen LogP contribution in [0.15, 0.2) is 42.5 Å². The number of aryl methyl sites for hydroxylation is 4. The summed E-state index contributed by atoms with van der Waals surface area (Å²) in [4.78, 5) is 28.8. The fraction of sp³-hybridized carbons (Fsp3) is 0.320. The van der Waals surface area contributed by atoms with Crippen molar-refractivity contribution in [1.82, 2.24) is 4.98 Å². The van der Waals surface area contributed by atoms with Crippen molar-refractivity contribution < 1.29 is 19.4 Å². The molecule has 0 spiro atoms. The number of para-hydroxylation sites is 1. The second kappa shape index (κ2) is 8.27. The Bertz CT molecular complexity index is 1110. The number of ketones is 1. The minimum Gasteiger partial charge on any atom is -0.478 e. The first kappa shape index (κ1) is 21.5. The van der Waals surface area contributed by atoms with Crippen LogP contribution in [0.3, 0.4) is 0 Å². The Kier molecular flexibility index (Phi) is 5.92. The number of benzene rings is 2. The number of rotatable bonds is 7. The molecule has 0 aliphatic rings. The van der Waals surface area contributed by atoms with Gasteiger partial charge in [-0.2, -0.15) is 0 Å². The maximum atomic E-state index is 12.9. The molecule has 3 aromatic rings. The lowest BCUT2D eigenvalue weighted by Crippen LogP contribution is -2.38. The molecule has 0 aliphatic carbocycles. The highest BCUT2D eigenvalue weighted by Gasteiger charge is 2.30. The van der Waals surface area contributed by atoms with Crippen molar-refractivity contribution in [2.75, 3.05) is 0 Å². The predicted molar refractivity (Wildman–Crippen MR) is 117 cm³/mol. The molecule has 2 aromatic carbocycles. The van der Waals surface area contributed by atoms with Crippen LogP contribution in [0.25, 0.3) is 10.9 Å². The number of carbonyl (C=O) groups excluding carboxylic acids is 1. The molecule has 1 N–H and O–H groups in total. The van der Waals surface area contributed by atoms with E-state index >= 15 is 0 Å². The predicted octanol–water partition coefficient (Wildman–Crippen LogP) is 5.22. The van der Waals surface area contributed by atoms with Crippen molar-refractivity contribution in [3.8, 4) is 5.75 Å². The summed E-state index contributed by atoms with van der Waals surface area (Å²) in [6.45, 7) is 8.71. The van der Waals surface area contributed by atoms with Crippen molar-refractivity contribution in [3.63, 3.8) is 0 Å². The van der Waals surface area contributed by atoms with Gasteiger partial charge in [0.1, 0.15) is 5.75 Å². The first-order valence-electron chi connectivity index (χ1n) is 10.0. The van der Waals surface area contributed by atoms with Gasteiger partial charge >= 0.3 is 5.97 Å². The summed E-state index contributed by atoms with van der Waals surface area (Å²) in [6, 6.07) is 13.6. The van der Waals surface area contributed by atoms with E-state index in [1.165, 1.54) is 13.8 Å². The maximum Gasteiger partial charge on any atom is 0.347 e. The highest BCUT2D eigenvalue weighted by molar-refractivity contribution is 6.00. The summed E-state index contributed by atoms with van der Waals surface area (Å²) in [7, 11) is 0. The number of fused-ring (bicyclic) bond motifs is 1. The summed E-state index contributed by atoms with van der Waals surface area (Å²) in [5.74, 6) is -0.379. The number of aromatic nitrogens is 1. The number of nitrogens with zero attached hydrogens (tertiary/aromatic N) is 1. The van der Waals surface area contributed by atoms with Crippen LogP contribution in [0, 0.1) is 20.8 Å². The summed E-state index contributed by atoms with van der Waals surface area (Å²) < 4.78 is 5.76. The highest BCUT2D eigenvalue weighted by Crippen LogP contribution is 2.29. The molecule has 3 rings (SSSR count). The summed E-state index contributed by atoms with van der Waals surface area (Å²) >= 11 is 0. The second-order valence-electron chi connectivity index (χ2n) is 8.21. The van der Waals surface area contributed by atoms with Crippen molar-refractivity contribution in [3.05, 3.63) is 70.4 Å². The minimum atomic E-state index is -1.31. The third-order valence-corrected chi connectivity index (χ3v) is 5.25. The van der Waals surface area contributed by atoms with E-state index in [9.17, 15) is 14.7 Å². The molecule has 30 heavy (non-hydrogen) atoms. The molecule has 0 amide bonds. The topological polar surface area (TPSA) is 76.5 Å². The molecular formula is C25H27NO4. The van der Waals surface area contributed by atoms with Crippen LogP contribution < -0.4 is 4.74 Å². The van der Waals surface area contributed by atoms with Crippen LogP contribution in [0.4, 0.5) is 0 Å². The van der Waals surface area contributed by atoms with Gasteiger partial charge in [0.25, 0.3) is 0 Å². The zero-order valence-electron chi connectivity index (χ0n) is 18.1. The second-order valence-corrected chi connectivity index (χ2v) is 8.21. The lowest BCUT2D eigenvalue weighted by molar-refractivity contribution is -0.152. The SMILES string of the molecule is Cc1cc(CCC(=O)c2cc3ccccc3nc2C)cc(C)c1OC(C)(C)C(=O)O. The first-order chi connectivity index (χ1) is 14.1. The number of Topliss-reactive ketones (excluding diaryl/α,β-unsaturated/α-hetero) is 1. The Hall–Kier alpha value is -3.21. The average molecular weight is 405 g/mol. The van der Waals surface area contributed by atoms with Gasteiger partial charge in [0, 0.05) is 23.1 Å². The zero-order chi connectivity index (χ0) is 22.1. The maximum absolute atomic E-state index is 12.9. The first-order valence-corrected chi connectivity index (χ1v) is 10.0. The van der Waals surface area contributed by atoms with Crippen LogP contribution in [-0.2, 0) is 11.2 Å². The van der Waals surface area contributed by atoms with E-state index in [2.05, 4.69) is 4.98 Å². The van der Waals surface area contributed by atoms with Gasteiger partial charge in [-0.25, -0.2) is 4.79 Å². The number of carboxylic acids is 1. The van der Waals surface area contributed by atoms with Gasteiger partial charge in [-0.05, 0) is 69.9 Å². The quantitative estimate of drug-likeness (QED) is 0.546. The van der Waals surface area contributed by atoms with Gasteiger partial charge in [-0.3, -0.25) is 9.78 Å². The van der Waals surface area contributed by atoms with Crippen LogP contribution in [0.1, 0.15) is 53.0 Å². The fourth-order valence-corrected chi connectivity index (χ4v) is 3.53. The zero-order valence-corrected chi connectivity index (χ0v) is 18.1. The lowest BCUT2D eigenvalue weighted by atomic mass is 9.97. The van der Waals surface area contributed by atoms with Gasteiger partial charge in [-0.15, -0.1) is 0 Å². The Morgan fingerprint density at radius 2 is 1.67 bits per heavy atom. The third-order valence-electron chi connectivity index (χ3n) is 5.25. The molecular weight excluding hydrogens is 378 g/mol. The Balaban J connectivity index is 1.77. The van der Waals surface area contributed by atoms with E-state index in [1.807, 2.05) is 63.2 Å². The number of carboxylic acid groups (broad SMARTS) is 1. The molecule has 1 heterocycles. The standard InChI is InChI=1S/C25H27NO4/c1-15-12-18(13-16(2)23(15)30-25(4,5)24(28)29)10-11-22(27)20-14-19-8-6-7-9-21(19)26-17(20)3/h6-9,12-14H,10-11H2,1-5H3,(H,28,29). The van der Waals surface area contributed by atoms with E-state index in [0.717, 1.165) is 33.3 Å². The van der Waals surface area contributed by atoms with Crippen LogP contribution in [-0.4, -0.2) is 27.4 Å². The normalized spacial score (nSPS) is 11.5. The van der Waals surface area contributed by atoms with Crippen LogP contribution in [0.2, 0.25) is 0 Å². The van der Waals surface area contributed by atoms with Crippen molar-refractivity contribution in [2.45, 2.75) is 53.1 Å². The molecule has 0 atom stereocenters. The van der Waals surface area contributed by atoms with Gasteiger partial charge in [0.15, 0.2) is 11.4 Å². The highest BCUT2D eigenvalue weighted by atomic mass is 16.5. The molecule has 0 aliphatic heterocycles. The van der Waals surface area contributed by atoms with Crippen LogP contribution in [0.5, 0.6) is 5.75 Å². The monoisotopic (exact) mass is 405 g/mol. The number of ether oxygens (including phenoxy) is 1. The van der Waals surface area contributed by atoms with E-state index in [-0.39, 0.29) is 5.78 Å². The van der Waals surface area contributed by atoms with E-state index in [0.29, 0.717) is 24.2 Å². The molecule has 5 heteroatoms. The fourth-order valence-electron chi connectivity index (χ4n) is 3.53. The number of hydrogen-bond donors (Lipinski definition) is 1. The van der Waals surface area contributed by atoms with Gasteiger partial charge in [0.05, 0.1) is 5.52 Å². The van der Waals surface area contributed by atoms with Crippen molar-refractivity contribution in [2.24, 2.45) is 0 Å². The molecule has 156 valence electrons. The molecule has 0 bridgehead atoms. The van der Waals surface area contributed by atoms with Crippen molar-refractivity contribution >= 4 is 22.7 Å². The minimum absolute atomic E-state index is 0.0633. The largest absolute Gasteiger partial charge is 0.478 e. The summed E-state index contributed by atoms with van der Waals surface area (Å²) in [5, 5.41) is 10.3. The molecule has 0 saturated heterocycles. The third kappa shape index (κ3) is 4.51. The molecule has 5 nitrogen and oxygen atoms in total. The average Bonchev–Trinajstić information content (AvgIpc) is 2.68. The smallest absolute Gasteiger partial charge is 0.347 e. The Morgan fingerprint density at radius 1 is 1.03 bits per heavy atom. The molecule has 0 unspecified atom stereocenters. The van der Waals surface area contributed by atoms with Gasteiger partial charge < -0.3 is 9.84 Å².